The Morgan fingerprint density at radius 1 is 1.33 bits per heavy atom. The molecule has 21 heavy (non-hydrogen) atoms. The standard InChI is InChI=1S/C14H19N3O4/c18-13(11-4-5-12(21-11)17(19)20)16-9-8-15-10-14(16)6-2-1-3-7-14/h4-5,15H,1-3,6-10H2. The quantitative estimate of drug-likeness (QED) is 0.665. The SMILES string of the molecule is O=C(c1ccc([N+](=O)[O-])o1)N1CCNCC12CCCCC2. The Hall–Kier alpha value is -1.89. The van der Waals surface area contributed by atoms with Crippen LogP contribution in [0.3, 0.4) is 0 Å². The molecule has 2 aliphatic rings. The third-order valence-electron chi connectivity index (χ3n) is 4.55. The van der Waals surface area contributed by atoms with Crippen molar-refractivity contribution in [1.82, 2.24) is 10.2 Å². The summed E-state index contributed by atoms with van der Waals surface area (Å²) in [5.74, 6) is -0.550. The van der Waals surface area contributed by atoms with Gasteiger partial charge in [0.2, 0.25) is 0 Å². The van der Waals surface area contributed by atoms with Gasteiger partial charge >= 0.3 is 5.88 Å². The molecule has 1 aromatic rings. The first kappa shape index (κ1) is 14.1. The maximum atomic E-state index is 12.7. The molecule has 1 amide bonds. The van der Waals surface area contributed by atoms with Crippen molar-refractivity contribution in [3.8, 4) is 0 Å². The van der Waals surface area contributed by atoms with E-state index in [2.05, 4.69) is 5.32 Å². The lowest BCUT2D eigenvalue weighted by Gasteiger charge is -2.49. The molecule has 0 atom stereocenters. The molecule has 0 bridgehead atoms. The Bertz CT molecular complexity index is 540. The highest BCUT2D eigenvalue weighted by Crippen LogP contribution is 2.35. The van der Waals surface area contributed by atoms with Gasteiger partial charge < -0.3 is 14.6 Å². The lowest BCUT2D eigenvalue weighted by Crippen LogP contribution is -2.63. The van der Waals surface area contributed by atoms with Gasteiger partial charge in [-0.25, -0.2) is 0 Å². The van der Waals surface area contributed by atoms with Crippen LogP contribution in [0, 0.1) is 10.1 Å². The molecule has 7 heteroatoms. The number of carbonyl (C=O) groups excluding carboxylic acids is 1. The van der Waals surface area contributed by atoms with Crippen molar-refractivity contribution >= 4 is 11.8 Å². The van der Waals surface area contributed by atoms with E-state index in [1.165, 1.54) is 18.6 Å². The first-order valence-corrected chi connectivity index (χ1v) is 7.39. The lowest BCUT2D eigenvalue weighted by atomic mass is 9.79. The molecule has 2 heterocycles. The van der Waals surface area contributed by atoms with Crippen molar-refractivity contribution < 1.29 is 14.1 Å². The molecule has 1 aliphatic heterocycles. The van der Waals surface area contributed by atoms with Gasteiger partial charge in [0.25, 0.3) is 5.91 Å². The molecule has 1 N–H and O–H groups in total. The molecule has 3 rings (SSSR count). The van der Waals surface area contributed by atoms with E-state index >= 15 is 0 Å². The Morgan fingerprint density at radius 2 is 2.10 bits per heavy atom. The summed E-state index contributed by atoms with van der Waals surface area (Å²) < 4.78 is 5.08. The molecular formula is C14H19N3O4. The van der Waals surface area contributed by atoms with E-state index in [1.54, 1.807) is 0 Å². The molecule has 1 spiro atoms. The first-order chi connectivity index (χ1) is 10.1. The molecule has 1 saturated heterocycles. The summed E-state index contributed by atoms with van der Waals surface area (Å²) in [7, 11) is 0. The van der Waals surface area contributed by atoms with Gasteiger partial charge in [0.1, 0.15) is 4.92 Å². The maximum absolute atomic E-state index is 12.7. The Morgan fingerprint density at radius 3 is 2.76 bits per heavy atom. The zero-order valence-electron chi connectivity index (χ0n) is 11.8. The predicted octanol–water partition coefficient (Wildman–Crippen LogP) is 1.94. The van der Waals surface area contributed by atoms with Crippen molar-refractivity contribution in [3.63, 3.8) is 0 Å². The van der Waals surface area contributed by atoms with Crippen LogP contribution >= 0.6 is 0 Å². The number of carbonyl (C=O) groups is 1. The van der Waals surface area contributed by atoms with Gasteiger partial charge in [0, 0.05) is 19.6 Å². The summed E-state index contributed by atoms with van der Waals surface area (Å²) in [6.07, 6.45) is 5.40. The highest BCUT2D eigenvalue weighted by atomic mass is 16.6. The summed E-state index contributed by atoms with van der Waals surface area (Å²) in [5.41, 5.74) is -0.158. The number of nitro groups is 1. The third kappa shape index (κ3) is 2.53. The van der Waals surface area contributed by atoms with Crippen molar-refractivity contribution in [3.05, 3.63) is 28.0 Å². The van der Waals surface area contributed by atoms with Crippen LogP contribution in [0.5, 0.6) is 0 Å². The van der Waals surface area contributed by atoms with Crippen LogP contribution in [0.15, 0.2) is 16.5 Å². The number of amides is 1. The lowest BCUT2D eigenvalue weighted by molar-refractivity contribution is -0.402. The molecule has 0 radical (unpaired) electrons. The molecule has 2 fully saturated rings. The first-order valence-electron chi connectivity index (χ1n) is 7.39. The summed E-state index contributed by atoms with van der Waals surface area (Å²) in [4.78, 5) is 24.6. The van der Waals surface area contributed by atoms with Crippen molar-refractivity contribution in [2.75, 3.05) is 19.6 Å². The molecule has 0 unspecified atom stereocenters. The normalized spacial score (nSPS) is 21.4. The van der Waals surface area contributed by atoms with Gasteiger partial charge in [-0.3, -0.25) is 14.9 Å². The van der Waals surface area contributed by atoms with Crippen molar-refractivity contribution in [2.24, 2.45) is 0 Å². The number of rotatable bonds is 2. The molecule has 114 valence electrons. The Labute approximate surface area is 122 Å². The van der Waals surface area contributed by atoms with Crippen LogP contribution in [0.25, 0.3) is 0 Å². The van der Waals surface area contributed by atoms with E-state index in [-0.39, 0.29) is 23.1 Å². The van der Waals surface area contributed by atoms with E-state index in [4.69, 9.17) is 4.42 Å². The predicted molar refractivity (Wildman–Crippen MR) is 75.1 cm³/mol. The number of nitrogens with one attached hydrogen (secondary N) is 1. The van der Waals surface area contributed by atoms with Crippen LogP contribution in [-0.2, 0) is 0 Å². The van der Waals surface area contributed by atoms with E-state index in [0.29, 0.717) is 6.54 Å². The zero-order chi connectivity index (χ0) is 14.9. The van der Waals surface area contributed by atoms with E-state index in [9.17, 15) is 14.9 Å². The topological polar surface area (TPSA) is 88.6 Å². The van der Waals surface area contributed by atoms with Crippen LogP contribution in [0.4, 0.5) is 5.88 Å². The van der Waals surface area contributed by atoms with Crippen molar-refractivity contribution in [2.45, 2.75) is 37.6 Å². The minimum atomic E-state index is -0.620. The fourth-order valence-corrected chi connectivity index (χ4v) is 3.49. The maximum Gasteiger partial charge on any atom is 0.433 e. The molecular weight excluding hydrogens is 274 g/mol. The van der Waals surface area contributed by atoms with Crippen LogP contribution in [0.2, 0.25) is 0 Å². The van der Waals surface area contributed by atoms with Gasteiger partial charge in [-0.05, 0) is 18.9 Å². The second kappa shape index (κ2) is 5.48. The Kier molecular flexibility index (Phi) is 3.67. The van der Waals surface area contributed by atoms with Gasteiger partial charge in [-0.15, -0.1) is 0 Å². The van der Waals surface area contributed by atoms with Crippen LogP contribution in [0.1, 0.15) is 42.7 Å². The fourth-order valence-electron chi connectivity index (χ4n) is 3.49. The van der Waals surface area contributed by atoms with E-state index < -0.39 is 4.92 Å². The number of nitrogens with zero attached hydrogens (tertiary/aromatic N) is 2. The summed E-state index contributed by atoms with van der Waals surface area (Å²) in [5, 5.41) is 14.1. The monoisotopic (exact) mass is 293 g/mol. The van der Waals surface area contributed by atoms with Crippen LogP contribution < -0.4 is 5.32 Å². The Balaban J connectivity index is 1.85. The minimum Gasteiger partial charge on any atom is -0.395 e. The second-order valence-electron chi connectivity index (χ2n) is 5.81. The highest BCUT2D eigenvalue weighted by molar-refractivity contribution is 5.92. The summed E-state index contributed by atoms with van der Waals surface area (Å²) in [6, 6.07) is 2.64. The van der Waals surface area contributed by atoms with E-state index in [0.717, 1.165) is 38.8 Å². The average Bonchev–Trinajstić information content (AvgIpc) is 2.98. The van der Waals surface area contributed by atoms with Gasteiger partial charge in [-0.2, -0.15) is 0 Å². The van der Waals surface area contributed by atoms with Gasteiger partial charge in [-0.1, -0.05) is 19.3 Å². The van der Waals surface area contributed by atoms with E-state index in [1.807, 2.05) is 4.90 Å². The van der Waals surface area contributed by atoms with Crippen molar-refractivity contribution in [1.29, 1.82) is 0 Å². The average molecular weight is 293 g/mol. The number of hydrogen-bond acceptors (Lipinski definition) is 5. The minimum absolute atomic E-state index is 0.0635. The number of hydrogen-bond donors (Lipinski definition) is 1. The summed E-state index contributed by atoms with van der Waals surface area (Å²) >= 11 is 0. The van der Waals surface area contributed by atoms with Crippen LogP contribution in [-0.4, -0.2) is 40.9 Å². The largest absolute Gasteiger partial charge is 0.433 e. The third-order valence-corrected chi connectivity index (χ3v) is 4.55. The number of piperazine rings is 1. The highest BCUT2D eigenvalue weighted by Gasteiger charge is 2.43. The zero-order valence-corrected chi connectivity index (χ0v) is 11.8. The van der Waals surface area contributed by atoms with Gasteiger partial charge in [0.05, 0.1) is 11.6 Å². The molecule has 1 aliphatic carbocycles. The van der Waals surface area contributed by atoms with Gasteiger partial charge in [0.15, 0.2) is 5.76 Å². The molecule has 7 nitrogen and oxygen atoms in total. The summed E-state index contributed by atoms with van der Waals surface area (Å²) in [6.45, 7) is 2.16. The molecule has 1 aromatic heterocycles. The molecule has 0 aromatic carbocycles. The smallest absolute Gasteiger partial charge is 0.395 e. The molecule has 1 saturated carbocycles. The fraction of sp³-hybridized carbons (Fsp3) is 0.643. The second-order valence-corrected chi connectivity index (χ2v) is 5.81. The number of furan rings is 1.